The van der Waals surface area contributed by atoms with Crippen LogP contribution in [0.25, 0.3) is 11.1 Å². The van der Waals surface area contributed by atoms with Crippen LogP contribution in [0.3, 0.4) is 0 Å². The Balaban J connectivity index is 2.51. The van der Waals surface area contributed by atoms with E-state index >= 15 is 0 Å². The van der Waals surface area contributed by atoms with E-state index in [-0.39, 0.29) is 5.75 Å². The Kier molecular flexibility index (Phi) is 2.82. The lowest BCUT2D eigenvalue weighted by Gasteiger charge is -2.08. The van der Waals surface area contributed by atoms with Crippen molar-refractivity contribution in [1.82, 2.24) is 0 Å². The topological polar surface area (TPSA) is 40.5 Å². The van der Waals surface area contributed by atoms with Gasteiger partial charge in [0.2, 0.25) is 0 Å². The summed E-state index contributed by atoms with van der Waals surface area (Å²) in [6.07, 6.45) is 0.866. The quantitative estimate of drug-likeness (QED) is 0.805. The number of aryl methyl sites for hydroxylation is 1. The average Bonchev–Trinajstić information content (AvgIpc) is 2.30. The van der Waals surface area contributed by atoms with Gasteiger partial charge in [-0.3, -0.25) is 0 Å². The molecule has 16 heavy (non-hydrogen) atoms. The predicted octanol–water partition coefficient (Wildman–Crippen LogP) is 3.33. The molecule has 0 atom stereocenters. The van der Waals surface area contributed by atoms with Crippen molar-refractivity contribution in [2.24, 2.45) is 0 Å². The van der Waals surface area contributed by atoms with Crippen molar-refractivity contribution < 1.29 is 10.2 Å². The molecule has 2 rings (SSSR count). The van der Waals surface area contributed by atoms with Crippen LogP contribution in [0.5, 0.6) is 11.5 Å². The van der Waals surface area contributed by atoms with Gasteiger partial charge in [-0.1, -0.05) is 25.1 Å². The Hall–Kier alpha value is -1.96. The standard InChI is InChI=1S/C14H14O2/c1-2-10-9-13(16)7-8-14(10)11-3-5-12(15)6-4-11/h3-9,15-16H,2H2,1H3. The van der Waals surface area contributed by atoms with E-state index in [2.05, 4.69) is 6.92 Å². The van der Waals surface area contributed by atoms with Crippen molar-refractivity contribution >= 4 is 0 Å². The minimum atomic E-state index is 0.264. The van der Waals surface area contributed by atoms with E-state index in [0.29, 0.717) is 5.75 Å². The van der Waals surface area contributed by atoms with Crippen LogP contribution in [-0.4, -0.2) is 10.2 Å². The minimum absolute atomic E-state index is 0.264. The fourth-order valence-corrected chi connectivity index (χ4v) is 1.80. The molecule has 0 saturated heterocycles. The van der Waals surface area contributed by atoms with E-state index in [1.807, 2.05) is 18.2 Å². The molecule has 0 aliphatic carbocycles. The molecule has 0 amide bonds. The monoisotopic (exact) mass is 214 g/mol. The molecule has 0 spiro atoms. The first-order valence-corrected chi connectivity index (χ1v) is 5.32. The second kappa shape index (κ2) is 4.27. The zero-order chi connectivity index (χ0) is 11.5. The second-order valence-electron chi connectivity index (χ2n) is 3.74. The molecule has 2 nitrogen and oxygen atoms in total. The molecule has 0 heterocycles. The van der Waals surface area contributed by atoms with Gasteiger partial charge < -0.3 is 10.2 Å². The number of hydrogen-bond donors (Lipinski definition) is 2. The van der Waals surface area contributed by atoms with Crippen LogP contribution in [0.2, 0.25) is 0 Å². The van der Waals surface area contributed by atoms with E-state index in [1.54, 1.807) is 24.3 Å². The molecule has 0 saturated carbocycles. The van der Waals surface area contributed by atoms with Crippen LogP contribution in [0, 0.1) is 0 Å². The summed E-state index contributed by atoms with van der Waals surface area (Å²) in [5.74, 6) is 0.556. The molecule has 0 unspecified atom stereocenters. The van der Waals surface area contributed by atoms with Gasteiger partial charge in [-0.15, -0.1) is 0 Å². The summed E-state index contributed by atoms with van der Waals surface area (Å²) >= 11 is 0. The van der Waals surface area contributed by atoms with E-state index in [1.165, 1.54) is 0 Å². The van der Waals surface area contributed by atoms with E-state index in [4.69, 9.17) is 0 Å². The lowest BCUT2D eigenvalue weighted by Crippen LogP contribution is -1.87. The lowest BCUT2D eigenvalue weighted by molar-refractivity contribution is 0.474. The normalized spacial score (nSPS) is 10.3. The molecule has 0 aliphatic heterocycles. The highest BCUT2D eigenvalue weighted by Gasteiger charge is 2.04. The first-order valence-electron chi connectivity index (χ1n) is 5.32. The molecular formula is C14H14O2. The van der Waals surface area contributed by atoms with Crippen LogP contribution in [0.4, 0.5) is 0 Å². The van der Waals surface area contributed by atoms with E-state index in [0.717, 1.165) is 23.1 Å². The summed E-state index contributed by atoms with van der Waals surface area (Å²) in [5.41, 5.74) is 3.25. The maximum absolute atomic E-state index is 9.42. The smallest absolute Gasteiger partial charge is 0.115 e. The molecule has 0 fully saturated rings. The Morgan fingerprint density at radius 2 is 1.50 bits per heavy atom. The average molecular weight is 214 g/mol. The molecular weight excluding hydrogens is 200 g/mol. The van der Waals surface area contributed by atoms with Crippen molar-refractivity contribution in [1.29, 1.82) is 0 Å². The number of aromatic hydroxyl groups is 2. The SMILES string of the molecule is CCc1cc(O)ccc1-c1ccc(O)cc1. The van der Waals surface area contributed by atoms with E-state index < -0.39 is 0 Å². The largest absolute Gasteiger partial charge is 0.508 e. The van der Waals surface area contributed by atoms with Crippen molar-refractivity contribution in [2.75, 3.05) is 0 Å². The maximum Gasteiger partial charge on any atom is 0.115 e. The summed E-state index contributed by atoms with van der Waals surface area (Å²) in [6, 6.07) is 12.5. The van der Waals surface area contributed by atoms with Gasteiger partial charge in [-0.05, 0) is 47.4 Å². The van der Waals surface area contributed by atoms with Crippen LogP contribution < -0.4 is 0 Å². The zero-order valence-electron chi connectivity index (χ0n) is 9.14. The Bertz CT molecular complexity index is 487. The molecule has 2 aromatic carbocycles. The molecule has 2 aromatic rings. The van der Waals surface area contributed by atoms with Crippen LogP contribution >= 0.6 is 0 Å². The fourth-order valence-electron chi connectivity index (χ4n) is 1.80. The molecule has 0 aliphatic rings. The summed E-state index contributed by atoms with van der Waals surface area (Å²) < 4.78 is 0. The van der Waals surface area contributed by atoms with Gasteiger partial charge in [0.15, 0.2) is 0 Å². The van der Waals surface area contributed by atoms with Gasteiger partial charge in [0.05, 0.1) is 0 Å². The first kappa shape index (κ1) is 10.6. The number of phenolic OH excluding ortho intramolecular Hbond substituents is 2. The van der Waals surface area contributed by atoms with Gasteiger partial charge in [-0.25, -0.2) is 0 Å². The number of rotatable bonds is 2. The predicted molar refractivity (Wildman–Crippen MR) is 64.6 cm³/mol. The fraction of sp³-hybridized carbons (Fsp3) is 0.143. The minimum Gasteiger partial charge on any atom is -0.508 e. The van der Waals surface area contributed by atoms with Crippen molar-refractivity contribution in [3.05, 3.63) is 48.0 Å². The number of hydrogen-bond acceptors (Lipinski definition) is 2. The highest BCUT2D eigenvalue weighted by molar-refractivity contribution is 5.68. The van der Waals surface area contributed by atoms with Crippen LogP contribution in [-0.2, 0) is 6.42 Å². The Labute approximate surface area is 94.8 Å². The third kappa shape index (κ3) is 2.01. The van der Waals surface area contributed by atoms with Crippen molar-refractivity contribution in [3.63, 3.8) is 0 Å². The van der Waals surface area contributed by atoms with Crippen molar-refractivity contribution in [3.8, 4) is 22.6 Å². The van der Waals surface area contributed by atoms with Gasteiger partial charge in [0, 0.05) is 0 Å². The molecule has 0 radical (unpaired) electrons. The molecule has 0 aromatic heterocycles. The van der Waals surface area contributed by atoms with Crippen molar-refractivity contribution in [2.45, 2.75) is 13.3 Å². The number of benzene rings is 2. The highest BCUT2D eigenvalue weighted by atomic mass is 16.3. The molecule has 2 heteroatoms. The Morgan fingerprint density at radius 1 is 0.875 bits per heavy atom. The second-order valence-corrected chi connectivity index (χ2v) is 3.74. The third-order valence-electron chi connectivity index (χ3n) is 2.65. The molecule has 0 bridgehead atoms. The van der Waals surface area contributed by atoms with Gasteiger partial charge in [0.25, 0.3) is 0 Å². The molecule has 82 valence electrons. The summed E-state index contributed by atoms with van der Waals surface area (Å²) in [6.45, 7) is 2.05. The van der Waals surface area contributed by atoms with E-state index in [9.17, 15) is 10.2 Å². The summed E-state index contributed by atoms with van der Waals surface area (Å²) in [7, 11) is 0. The maximum atomic E-state index is 9.42. The van der Waals surface area contributed by atoms with Crippen LogP contribution in [0.15, 0.2) is 42.5 Å². The van der Waals surface area contributed by atoms with Crippen LogP contribution in [0.1, 0.15) is 12.5 Å². The number of phenols is 2. The summed E-state index contributed by atoms with van der Waals surface area (Å²) in [5, 5.41) is 18.7. The lowest BCUT2D eigenvalue weighted by atomic mass is 9.98. The zero-order valence-corrected chi connectivity index (χ0v) is 9.14. The van der Waals surface area contributed by atoms with Gasteiger partial charge in [-0.2, -0.15) is 0 Å². The molecule has 2 N–H and O–H groups in total. The van der Waals surface area contributed by atoms with Gasteiger partial charge in [0.1, 0.15) is 11.5 Å². The first-order chi connectivity index (χ1) is 7.70. The Morgan fingerprint density at radius 3 is 2.12 bits per heavy atom. The highest BCUT2D eigenvalue weighted by Crippen LogP contribution is 2.28. The summed E-state index contributed by atoms with van der Waals surface area (Å²) in [4.78, 5) is 0. The van der Waals surface area contributed by atoms with Gasteiger partial charge >= 0.3 is 0 Å². The third-order valence-corrected chi connectivity index (χ3v) is 2.65.